The topological polar surface area (TPSA) is 129 Å². The number of benzene rings is 3. The van der Waals surface area contributed by atoms with E-state index in [1.54, 1.807) is 48.5 Å². The molecule has 36 heavy (non-hydrogen) atoms. The van der Waals surface area contributed by atoms with Crippen LogP contribution < -0.4 is 5.32 Å². The number of nitrogens with one attached hydrogen (secondary N) is 1. The number of carboxylic acid groups (broad SMARTS) is 1. The van der Waals surface area contributed by atoms with E-state index in [0.717, 1.165) is 22.3 Å². The average Bonchev–Trinajstić information content (AvgIpc) is 2.89. The van der Waals surface area contributed by atoms with Crippen molar-refractivity contribution in [1.29, 1.82) is 0 Å². The number of methoxy groups -OCH3 is 1. The number of phenols is 1. The molecule has 0 radical (unpaired) electrons. The number of aromatic carboxylic acids is 1. The van der Waals surface area contributed by atoms with Crippen LogP contribution in [0.25, 0.3) is 22.0 Å². The van der Waals surface area contributed by atoms with Crippen LogP contribution in [0.2, 0.25) is 0 Å². The normalized spacial score (nSPS) is 11.8. The van der Waals surface area contributed by atoms with Crippen molar-refractivity contribution in [2.75, 3.05) is 13.7 Å². The summed E-state index contributed by atoms with van der Waals surface area (Å²) in [7, 11) is 1.53. The van der Waals surface area contributed by atoms with Crippen LogP contribution in [0.15, 0.2) is 72.8 Å². The van der Waals surface area contributed by atoms with E-state index in [4.69, 9.17) is 4.74 Å². The van der Waals surface area contributed by atoms with Crippen LogP contribution in [-0.4, -0.2) is 51.9 Å². The number of aromatic nitrogens is 1. The molecule has 0 spiro atoms. The molecule has 1 heterocycles. The third-order valence-corrected chi connectivity index (χ3v) is 5.84. The largest absolute Gasteiger partial charge is 0.508 e. The number of fused-ring (bicyclic) bond motifs is 1. The van der Waals surface area contributed by atoms with Gasteiger partial charge in [-0.15, -0.1) is 0 Å². The highest BCUT2D eigenvalue weighted by Crippen LogP contribution is 2.27. The minimum absolute atomic E-state index is 0.0123. The Kier molecular flexibility index (Phi) is 7.58. The quantitative estimate of drug-likeness (QED) is 0.283. The number of pyridine rings is 1. The minimum Gasteiger partial charge on any atom is -0.508 e. The highest BCUT2D eigenvalue weighted by Gasteiger charge is 2.20. The molecule has 1 atom stereocenters. The summed E-state index contributed by atoms with van der Waals surface area (Å²) < 4.78 is 5.25. The van der Waals surface area contributed by atoms with Crippen LogP contribution in [0, 0.1) is 0 Å². The van der Waals surface area contributed by atoms with Crippen molar-refractivity contribution in [1.82, 2.24) is 10.3 Å². The van der Waals surface area contributed by atoms with Crippen LogP contribution in [0.5, 0.6) is 5.75 Å². The predicted octanol–water partition coefficient (Wildman–Crippen LogP) is 3.79. The standard InChI is InChI=1S/C28H26N2O6/c1-36-16-21(12-17-5-8-22(32)9-6-17)29-27(33)26-14-24(28(34)35)23-13-20(7-10-25(23)30-26)19-4-2-3-18(11-19)15-31/h2-11,13-14,21,31-32H,12,15-16H2,1H3,(H,29,33)(H,34,35)/t21-/m0/s1. The van der Waals surface area contributed by atoms with E-state index in [1.165, 1.54) is 13.2 Å². The number of aromatic hydroxyl groups is 1. The summed E-state index contributed by atoms with van der Waals surface area (Å²) in [6.45, 7) is 0.140. The van der Waals surface area contributed by atoms with Gasteiger partial charge < -0.3 is 25.4 Å². The number of aliphatic hydroxyl groups excluding tert-OH is 1. The summed E-state index contributed by atoms with van der Waals surface area (Å²) in [5, 5.41) is 32.1. The Morgan fingerprint density at radius 3 is 2.42 bits per heavy atom. The fourth-order valence-electron chi connectivity index (χ4n) is 4.08. The Morgan fingerprint density at radius 2 is 1.72 bits per heavy atom. The van der Waals surface area contributed by atoms with Crippen LogP contribution in [-0.2, 0) is 17.8 Å². The summed E-state index contributed by atoms with van der Waals surface area (Å²) in [5.74, 6) is -1.54. The first-order chi connectivity index (χ1) is 17.4. The van der Waals surface area contributed by atoms with Crippen molar-refractivity contribution in [2.45, 2.75) is 19.1 Å². The fraction of sp³-hybridized carbons (Fsp3) is 0.179. The lowest BCUT2D eigenvalue weighted by molar-refractivity contribution is 0.0699. The zero-order chi connectivity index (χ0) is 25.7. The van der Waals surface area contributed by atoms with Crippen molar-refractivity contribution in [3.8, 4) is 16.9 Å². The maximum Gasteiger partial charge on any atom is 0.336 e. The number of carbonyl (C=O) groups is 2. The van der Waals surface area contributed by atoms with Crippen molar-refractivity contribution < 1.29 is 29.6 Å². The molecule has 184 valence electrons. The SMILES string of the molecule is COC[C@H](Cc1ccc(O)cc1)NC(=O)c1cc(C(=O)O)c2cc(-c3cccc(CO)c3)ccc2n1. The molecule has 1 amide bonds. The molecule has 0 fully saturated rings. The van der Waals surface area contributed by atoms with E-state index >= 15 is 0 Å². The molecule has 4 N–H and O–H groups in total. The highest BCUT2D eigenvalue weighted by molar-refractivity contribution is 6.06. The predicted molar refractivity (Wildman–Crippen MR) is 135 cm³/mol. The molecular weight excluding hydrogens is 460 g/mol. The molecule has 0 aliphatic heterocycles. The number of ether oxygens (including phenoxy) is 1. The molecule has 4 rings (SSSR count). The number of phenolic OH excluding ortho intramolecular Hbond substituents is 1. The number of hydrogen-bond donors (Lipinski definition) is 4. The summed E-state index contributed by atoms with van der Waals surface area (Å²) in [5.41, 5.74) is 3.57. The van der Waals surface area contributed by atoms with E-state index in [9.17, 15) is 24.9 Å². The van der Waals surface area contributed by atoms with Crippen LogP contribution >= 0.6 is 0 Å². The molecule has 8 heteroatoms. The number of amides is 1. The number of nitrogens with zero attached hydrogens (tertiary/aromatic N) is 1. The molecule has 0 unspecified atom stereocenters. The molecule has 1 aromatic heterocycles. The first kappa shape index (κ1) is 24.8. The minimum atomic E-state index is -1.17. The maximum atomic E-state index is 13.1. The van der Waals surface area contributed by atoms with Gasteiger partial charge in [-0.25, -0.2) is 9.78 Å². The van der Waals surface area contributed by atoms with E-state index in [-0.39, 0.29) is 36.3 Å². The first-order valence-corrected chi connectivity index (χ1v) is 11.3. The Morgan fingerprint density at radius 1 is 0.972 bits per heavy atom. The zero-order valence-corrected chi connectivity index (χ0v) is 19.6. The molecule has 0 saturated carbocycles. The Labute approximate surface area is 207 Å². The van der Waals surface area contributed by atoms with Crippen molar-refractivity contribution >= 4 is 22.8 Å². The number of hydrogen-bond acceptors (Lipinski definition) is 6. The van der Waals surface area contributed by atoms with E-state index in [0.29, 0.717) is 17.3 Å². The van der Waals surface area contributed by atoms with Gasteiger partial charge in [0.2, 0.25) is 0 Å². The molecule has 0 bridgehead atoms. The van der Waals surface area contributed by atoms with Gasteiger partial charge in [-0.2, -0.15) is 0 Å². The molecule has 0 aliphatic rings. The zero-order valence-electron chi connectivity index (χ0n) is 19.6. The Balaban J connectivity index is 1.64. The van der Waals surface area contributed by atoms with E-state index in [2.05, 4.69) is 10.3 Å². The maximum absolute atomic E-state index is 13.1. The third-order valence-electron chi connectivity index (χ3n) is 5.84. The molecular formula is C28H26N2O6. The summed E-state index contributed by atoms with van der Waals surface area (Å²) in [6, 6.07) is 20.1. The first-order valence-electron chi connectivity index (χ1n) is 11.3. The third kappa shape index (κ3) is 5.68. The van der Waals surface area contributed by atoms with Crippen molar-refractivity contribution in [3.63, 3.8) is 0 Å². The summed E-state index contributed by atoms with van der Waals surface area (Å²) in [4.78, 5) is 29.6. The number of carboxylic acids is 1. The Hall–Kier alpha value is -4.27. The second kappa shape index (κ2) is 11.0. The number of aliphatic hydroxyl groups is 1. The van der Waals surface area contributed by atoms with Gasteiger partial charge in [0.15, 0.2) is 0 Å². The lowest BCUT2D eigenvalue weighted by Crippen LogP contribution is -2.40. The summed E-state index contributed by atoms with van der Waals surface area (Å²) in [6.07, 6.45) is 0.454. The van der Waals surface area contributed by atoms with Gasteiger partial charge >= 0.3 is 5.97 Å². The monoisotopic (exact) mass is 486 g/mol. The molecule has 0 aliphatic carbocycles. The van der Waals surface area contributed by atoms with Gasteiger partial charge in [0.25, 0.3) is 5.91 Å². The Bertz CT molecular complexity index is 1400. The lowest BCUT2D eigenvalue weighted by atomic mass is 9.99. The molecule has 8 nitrogen and oxygen atoms in total. The fourth-order valence-corrected chi connectivity index (χ4v) is 4.08. The van der Waals surface area contributed by atoms with Gasteiger partial charge in [-0.1, -0.05) is 36.4 Å². The smallest absolute Gasteiger partial charge is 0.336 e. The van der Waals surface area contributed by atoms with Crippen molar-refractivity contribution in [3.05, 3.63) is 95.2 Å². The van der Waals surface area contributed by atoms with Crippen LogP contribution in [0.1, 0.15) is 32.0 Å². The molecule has 4 aromatic rings. The van der Waals surface area contributed by atoms with Crippen LogP contribution in [0.4, 0.5) is 0 Å². The summed E-state index contributed by atoms with van der Waals surface area (Å²) >= 11 is 0. The van der Waals surface area contributed by atoms with Gasteiger partial charge in [0.05, 0.1) is 30.3 Å². The molecule has 3 aromatic carbocycles. The van der Waals surface area contributed by atoms with Crippen LogP contribution in [0.3, 0.4) is 0 Å². The van der Waals surface area contributed by atoms with Gasteiger partial charge in [-0.3, -0.25) is 4.79 Å². The second-order valence-electron chi connectivity index (χ2n) is 8.45. The number of carbonyl (C=O) groups excluding carboxylic acids is 1. The van der Waals surface area contributed by atoms with Gasteiger partial charge in [0, 0.05) is 12.5 Å². The molecule has 0 saturated heterocycles. The second-order valence-corrected chi connectivity index (χ2v) is 8.45. The van der Waals surface area contributed by atoms with Gasteiger partial charge in [-0.05, 0) is 65.1 Å². The highest BCUT2D eigenvalue weighted by atomic mass is 16.5. The average molecular weight is 487 g/mol. The number of rotatable bonds is 9. The van der Waals surface area contributed by atoms with E-state index in [1.807, 2.05) is 18.2 Å². The van der Waals surface area contributed by atoms with Crippen molar-refractivity contribution in [2.24, 2.45) is 0 Å². The van der Waals surface area contributed by atoms with E-state index < -0.39 is 11.9 Å². The van der Waals surface area contributed by atoms with Gasteiger partial charge in [0.1, 0.15) is 11.4 Å². The lowest BCUT2D eigenvalue weighted by Gasteiger charge is -2.18.